The first-order chi connectivity index (χ1) is 17.1. The van der Waals surface area contributed by atoms with Crippen LogP contribution in [0, 0.1) is 27.0 Å². The van der Waals surface area contributed by atoms with Gasteiger partial charge in [-0.1, -0.05) is 45.2 Å². The first-order valence-corrected chi connectivity index (χ1v) is 19.2. The molecule has 37 heavy (non-hydrogen) atoms. The zero-order chi connectivity index (χ0) is 28.8. The van der Waals surface area contributed by atoms with Crippen LogP contribution in [0.15, 0.2) is 24.3 Å². The van der Waals surface area contributed by atoms with Crippen molar-refractivity contribution in [3.05, 3.63) is 56.2 Å². The molecular weight excluding hydrogens is 619 g/mol. The monoisotopic (exact) mass is 654 g/mol. The van der Waals surface area contributed by atoms with E-state index in [9.17, 15) is 9.59 Å². The first kappa shape index (κ1) is 34.4. The van der Waals surface area contributed by atoms with E-state index < -0.39 is 28.1 Å². The van der Waals surface area contributed by atoms with Crippen LogP contribution in [0.1, 0.15) is 37.9 Å². The van der Waals surface area contributed by atoms with Gasteiger partial charge in [-0.3, -0.25) is 0 Å². The fourth-order valence-corrected chi connectivity index (χ4v) is 3.22. The van der Waals surface area contributed by atoms with Crippen LogP contribution in [0.3, 0.4) is 0 Å². The maximum Gasteiger partial charge on any atom is 0.356 e. The Bertz CT molecular complexity index is 1170. The van der Waals surface area contributed by atoms with Gasteiger partial charge in [0.2, 0.25) is 0 Å². The van der Waals surface area contributed by atoms with Crippen LogP contribution < -0.4 is 0 Å². The van der Waals surface area contributed by atoms with Crippen molar-refractivity contribution in [1.29, 1.82) is 0 Å². The van der Waals surface area contributed by atoms with Crippen molar-refractivity contribution < 1.29 is 29.3 Å². The van der Waals surface area contributed by atoms with E-state index >= 15 is 0 Å². The molecule has 2 aromatic rings. The fraction of sp³-hybridized carbons (Fsp3) is 0.385. The maximum atomic E-state index is 11.4. The highest BCUT2D eigenvalue weighted by molar-refractivity contribution is 14.1. The van der Waals surface area contributed by atoms with Crippen LogP contribution in [-0.2, 0) is 22.7 Å². The molecule has 200 valence electrons. The van der Waals surface area contributed by atoms with Gasteiger partial charge in [0.25, 0.3) is 0 Å². The first-order valence-electron chi connectivity index (χ1n) is 11.2. The number of pyridine rings is 2. The van der Waals surface area contributed by atoms with Crippen molar-refractivity contribution in [2.45, 2.75) is 52.5 Å². The van der Waals surface area contributed by atoms with E-state index in [1.54, 1.807) is 24.3 Å². The second-order valence-electron chi connectivity index (χ2n) is 9.59. The number of carbonyl (C=O) groups excluding carboxylic acids is 2. The fourth-order valence-electron chi connectivity index (χ4n) is 2.05. The normalized spacial score (nSPS) is 10.2. The molecule has 2 aromatic heterocycles. The molecule has 0 aliphatic rings. The Labute approximate surface area is 235 Å². The number of methoxy groups -OCH3 is 2. The third-order valence-corrected chi connectivity index (χ3v) is 6.21. The average Bonchev–Trinajstić information content (AvgIpc) is 2.85. The number of ether oxygens (including phenoxy) is 2. The van der Waals surface area contributed by atoms with Gasteiger partial charge >= 0.3 is 11.9 Å². The number of carbonyl (C=O) groups is 2. The SMILES string of the molecule is C#C[Si](C)(C)C.COC(=O)c1cc(C#C[Si](C)(C)C)cc(CO)n1.COC(=O)c1cc(I)cc(CO)n1. The third-order valence-electron chi connectivity index (χ3n) is 3.85. The topological polar surface area (TPSA) is 119 Å². The smallest absolute Gasteiger partial charge is 0.356 e. The molecule has 0 amide bonds. The summed E-state index contributed by atoms with van der Waals surface area (Å²) < 4.78 is 9.96. The van der Waals surface area contributed by atoms with Gasteiger partial charge in [-0.2, -0.15) is 0 Å². The van der Waals surface area contributed by atoms with Gasteiger partial charge in [0, 0.05) is 9.13 Å². The molecule has 0 aliphatic heterocycles. The van der Waals surface area contributed by atoms with Crippen LogP contribution in [0.2, 0.25) is 39.3 Å². The van der Waals surface area contributed by atoms with E-state index in [0.717, 1.165) is 3.57 Å². The zero-order valence-electron chi connectivity index (χ0n) is 22.6. The average molecular weight is 655 g/mol. The van der Waals surface area contributed by atoms with E-state index in [1.165, 1.54) is 14.2 Å². The van der Waals surface area contributed by atoms with Crippen LogP contribution in [-0.4, -0.2) is 62.5 Å². The number of hydrogen-bond acceptors (Lipinski definition) is 8. The Kier molecular flexibility index (Phi) is 15.2. The quantitative estimate of drug-likeness (QED) is 0.220. The molecule has 2 heterocycles. The van der Waals surface area contributed by atoms with Crippen LogP contribution in [0.25, 0.3) is 0 Å². The molecule has 0 bridgehead atoms. The highest BCUT2D eigenvalue weighted by Gasteiger charge is 2.12. The molecule has 11 heteroatoms. The number of esters is 2. The predicted molar refractivity (Wildman–Crippen MR) is 158 cm³/mol. The summed E-state index contributed by atoms with van der Waals surface area (Å²) in [6, 6.07) is 6.57. The highest BCUT2D eigenvalue weighted by atomic mass is 127. The Hall–Kier alpha value is -2.56. The van der Waals surface area contributed by atoms with Gasteiger partial charge < -0.3 is 19.7 Å². The largest absolute Gasteiger partial charge is 0.464 e. The van der Waals surface area contributed by atoms with Crippen LogP contribution >= 0.6 is 22.6 Å². The number of hydrogen-bond donors (Lipinski definition) is 2. The number of terminal acetylenes is 1. The maximum absolute atomic E-state index is 11.4. The molecule has 2 N–H and O–H groups in total. The molecule has 0 fully saturated rings. The summed E-state index contributed by atoms with van der Waals surface area (Å²) in [5.41, 5.74) is 7.89. The molecular formula is C26H35IN2O6Si2. The van der Waals surface area contributed by atoms with E-state index in [1.807, 2.05) is 22.6 Å². The molecule has 0 unspecified atom stereocenters. The van der Waals surface area contributed by atoms with Crippen molar-refractivity contribution in [1.82, 2.24) is 9.97 Å². The Morgan fingerprint density at radius 3 is 1.68 bits per heavy atom. The molecule has 0 saturated heterocycles. The lowest BCUT2D eigenvalue weighted by atomic mass is 10.2. The van der Waals surface area contributed by atoms with Crippen molar-refractivity contribution in [3.8, 4) is 23.4 Å². The third kappa shape index (κ3) is 15.3. The Morgan fingerprint density at radius 1 is 0.865 bits per heavy atom. The van der Waals surface area contributed by atoms with Gasteiger partial charge in [-0.25, -0.2) is 19.6 Å². The molecule has 0 saturated carbocycles. The Balaban J connectivity index is 0.000000594. The highest BCUT2D eigenvalue weighted by Crippen LogP contribution is 2.10. The summed E-state index contributed by atoms with van der Waals surface area (Å²) in [7, 11) is 0.00478. The molecule has 0 aromatic carbocycles. The summed E-state index contributed by atoms with van der Waals surface area (Å²) in [5.74, 6) is 2.01. The van der Waals surface area contributed by atoms with E-state index in [2.05, 4.69) is 75.7 Å². The van der Waals surface area contributed by atoms with Gasteiger partial charge in [0.05, 0.1) is 38.8 Å². The zero-order valence-corrected chi connectivity index (χ0v) is 26.8. The van der Waals surface area contributed by atoms with Crippen molar-refractivity contribution in [3.63, 3.8) is 0 Å². The van der Waals surface area contributed by atoms with Crippen molar-refractivity contribution in [2.24, 2.45) is 0 Å². The minimum Gasteiger partial charge on any atom is -0.464 e. The number of aliphatic hydroxyl groups excluding tert-OH is 2. The number of halogens is 1. The molecule has 0 radical (unpaired) electrons. The summed E-state index contributed by atoms with van der Waals surface area (Å²) >= 11 is 2.05. The van der Waals surface area contributed by atoms with Gasteiger partial charge in [-0.05, 0) is 46.9 Å². The molecule has 8 nitrogen and oxygen atoms in total. The Morgan fingerprint density at radius 2 is 1.30 bits per heavy atom. The number of rotatable bonds is 4. The second kappa shape index (κ2) is 16.3. The van der Waals surface area contributed by atoms with Crippen molar-refractivity contribution >= 4 is 50.7 Å². The minimum absolute atomic E-state index is 0.170. The van der Waals surface area contributed by atoms with E-state index in [-0.39, 0.29) is 24.6 Å². The molecule has 0 spiro atoms. The van der Waals surface area contributed by atoms with Gasteiger partial charge in [0.15, 0.2) is 0 Å². The number of nitrogens with zero attached hydrogens (tertiary/aromatic N) is 2. The lowest BCUT2D eigenvalue weighted by Crippen LogP contribution is -2.16. The van der Waals surface area contributed by atoms with Gasteiger partial charge in [0.1, 0.15) is 27.5 Å². The predicted octanol–water partition coefficient (Wildman–Crippen LogP) is 4.05. The second-order valence-corrected chi connectivity index (χ2v) is 20.4. The van der Waals surface area contributed by atoms with Crippen molar-refractivity contribution in [2.75, 3.05) is 14.2 Å². The lowest BCUT2D eigenvalue weighted by Gasteiger charge is -2.05. The van der Waals surface area contributed by atoms with Crippen LogP contribution in [0.4, 0.5) is 0 Å². The minimum atomic E-state index is -1.48. The van der Waals surface area contributed by atoms with E-state index in [4.69, 9.17) is 16.6 Å². The standard InChI is InChI=1S/C13H17NO3Si.C8H8INO3.C5H10Si/c1-17-13(16)12-8-10(5-6-18(2,3)4)7-11(9-15)14-12;1-13-8(12)7-3-5(9)2-6(4-11)10-7;1-5-6(2,3)4/h7-8,15H,9H2,1-4H3;2-3,11H,4H2,1H3;1H,2-4H3. The van der Waals surface area contributed by atoms with Gasteiger partial charge in [-0.15, -0.1) is 17.5 Å². The lowest BCUT2D eigenvalue weighted by molar-refractivity contribution is 0.0584. The number of aromatic nitrogens is 2. The summed E-state index contributed by atoms with van der Waals surface area (Å²) in [6.45, 7) is 12.4. The summed E-state index contributed by atoms with van der Waals surface area (Å²) in [4.78, 5) is 30.4. The molecule has 2 rings (SSSR count). The number of aliphatic hydroxyl groups is 2. The van der Waals surface area contributed by atoms with E-state index in [0.29, 0.717) is 17.0 Å². The molecule has 0 aliphatic carbocycles. The van der Waals surface area contributed by atoms with Crippen LogP contribution in [0.5, 0.6) is 0 Å². The summed E-state index contributed by atoms with van der Waals surface area (Å²) in [6.07, 6.45) is 5.12. The summed E-state index contributed by atoms with van der Waals surface area (Å²) in [5, 5.41) is 17.9. The molecule has 0 atom stereocenters.